The molecule has 0 radical (unpaired) electrons. The number of para-hydroxylation sites is 1. The van der Waals surface area contributed by atoms with E-state index in [2.05, 4.69) is 4.72 Å². The molecule has 0 amide bonds. The second-order valence-electron chi connectivity index (χ2n) is 6.98. The van der Waals surface area contributed by atoms with Crippen molar-refractivity contribution in [3.63, 3.8) is 0 Å². The molecule has 1 fully saturated rings. The van der Waals surface area contributed by atoms with Gasteiger partial charge in [-0.05, 0) is 30.7 Å². The van der Waals surface area contributed by atoms with Crippen molar-refractivity contribution in [1.29, 1.82) is 0 Å². The van der Waals surface area contributed by atoms with Gasteiger partial charge in [0.15, 0.2) is 0 Å². The maximum atomic E-state index is 13.9. The minimum atomic E-state index is -4.17. The molecular formula is C17H20ClF2N3O4S3. The predicted molar refractivity (Wildman–Crippen MR) is 114 cm³/mol. The average Bonchev–Trinajstić information content (AvgIpc) is 3.12. The number of hydrogen-bond donors (Lipinski definition) is 1. The lowest BCUT2D eigenvalue weighted by Crippen LogP contribution is -2.43. The zero-order valence-corrected chi connectivity index (χ0v) is 19.3. The summed E-state index contributed by atoms with van der Waals surface area (Å²) in [6.07, 6.45) is -0.00553. The van der Waals surface area contributed by atoms with Gasteiger partial charge in [0.2, 0.25) is 0 Å². The molecule has 0 unspecified atom stereocenters. The van der Waals surface area contributed by atoms with E-state index in [1.54, 1.807) is 0 Å². The van der Waals surface area contributed by atoms with Gasteiger partial charge >= 0.3 is 0 Å². The van der Waals surface area contributed by atoms with Crippen LogP contribution in [0.25, 0.3) is 0 Å². The lowest BCUT2D eigenvalue weighted by molar-refractivity contribution is -0.0116. The molecule has 1 aliphatic heterocycles. The molecule has 1 saturated heterocycles. The third-order valence-electron chi connectivity index (χ3n) is 4.50. The van der Waals surface area contributed by atoms with Crippen LogP contribution in [0.5, 0.6) is 0 Å². The van der Waals surface area contributed by atoms with Gasteiger partial charge in [-0.25, -0.2) is 29.9 Å². The Morgan fingerprint density at radius 3 is 2.43 bits per heavy atom. The van der Waals surface area contributed by atoms with Gasteiger partial charge in [0, 0.05) is 27.1 Å². The number of anilines is 2. The van der Waals surface area contributed by atoms with Gasteiger partial charge in [0.05, 0.1) is 22.9 Å². The zero-order chi connectivity index (χ0) is 22.3. The van der Waals surface area contributed by atoms with E-state index in [9.17, 15) is 25.6 Å². The Labute approximate surface area is 183 Å². The van der Waals surface area contributed by atoms with Crippen molar-refractivity contribution in [3.8, 4) is 0 Å². The van der Waals surface area contributed by atoms with Crippen LogP contribution in [0.4, 0.5) is 20.2 Å². The van der Waals surface area contributed by atoms with Crippen molar-refractivity contribution in [2.75, 3.05) is 36.8 Å². The first-order valence-electron chi connectivity index (χ1n) is 8.80. The summed E-state index contributed by atoms with van der Waals surface area (Å²) in [5.74, 6) is -2.91. The maximum Gasteiger partial charge on any atom is 0.271 e. The summed E-state index contributed by atoms with van der Waals surface area (Å²) in [4.78, 5) is 1.36. The van der Waals surface area contributed by atoms with Crippen molar-refractivity contribution in [3.05, 3.63) is 35.4 Å². The molecule has 2 heterocycles. The van der Waals surface area contributed by atoms with Gasteiger partial charge in [-0.2, -0.15) is 0 Å². The van der Waals surface area contributed by atoms with Gasteiger partial charge in [0.1, 0.15) is 8.42 Å². The van der Waals surface area contributed by atoms with Gasteiger partial charge < -0.3 is 4.90 Å². The van der Waals surface area contributed by atoms with Crippen molar-refractivity contribution in [2.45, 2.75) is 27.2 Å². The van der Waals surface area contributed by atoms with Gasteiger partial charge in [-0.15, -0.1) is 11.3 Å². The monoisotopic (exact) mass is 499 g/mol. The summed E-state index contributed by atoms with van der Waals surface area (Å²) in [6, 6.07) is 6.81. The Morgan fingerprint density at radius 2 is 1.80 bits per heavy atom. The van der Waals surface area contributed by atoms with Crippen molar-refractivity contribution >= 4 is 54.4 Å². The number of piperidine rings is 1. The number of alkyl halides is 2. The number of thiophene rings is 1. The molecular weight excluding hydrogens is 480 g/mol. The zero-order valence-electron chi connectivity index (χ0n) is 16.1. The number of nitrogens with zero attached hydrogens (tertiary/aromatic N) is 2. The van der Waals surface area contributed by atoms with Crippen LogP contribution in [0, 0.1) is 0 Å². The van der Waals surface area contributed by atoms with E-state index in [0.29, 0.717) is 17.9 Å². The first-order valence-corrected chi connectivity index (χ1v) is 12.9. The highest BCUT2D eigenvalue weighted by Gasteiger charge is 2.37. The Balaban J connectivity index is 1.95. The number of benzene rings is 1. The number of nitrogens with one attached hydrogen (secondary N) is 1. The number of sulfonamides is 2. The Kier molecular flexibility index (Phi) is 6.36. The fourth-order valence-corrected chi connectivity index (χ4v) is 7.33. The van der Waals surface area contributed by atoms with Crippen molar-refractivity contribution in [2.24, 2.45) is 0 Å². The van der Waals surface area contributed by atoms with E-state index in [1.165, 1.54) is 49.3 Å². The standard InChI is InChI=1S/C17H20ClF2N3O4S3/c1-22(2)30(26,27)15-8-7-14(28-15)29(24,25)21-13-6-3-5-12(18)16(13)23-10-4-9-17(19,20)11-23/h3,5-8,21H,4,9-11H2,1-2H3. The quantitative estimate of drug-likeness (QED) is 0.655. The van der Waals surface area contributed by atoms with Crippen LogP contribution in [0.2, 0.25) is 5.02 Å². The summed E-state index contributed by atoms with van der Waals surface area (Å²) in [5.41, 5.74) is 0.213. The molecule has 7 nitrogen and oxygen atoms in total. The van der Waals surface area contributed by atoms with E-state index in [0.717, 1.165) is 4.31 Å². The van der Waals surface area contributed by atoms with Gasteiger partial charge in [-0.3, -0.25) is 4.72 Å². The minimum absolute atomic E-state index is 0.0469. The van der Waals surface area contributed by atoms with Gasteiger partial charge in [-0.1, -0.05) is 17.7 Å². The van der Waals surface area contributed by atoms with E-state index in [1.807, 2.05) is 0 Å². The molecule has 1 aromatic carbocycles. The Morgan fingerprint density at radius 1 is 1.13 bits per heavy atom. The second-order valence-corrected chi connectivity index (χ2v) is 12.8. The average molecular weight is 500 g/mol. The third-order valence-corrected chi connectivity index (χ3v) is 10.0. The summed E-state index contributed by atoms with van der Waals surface area (Å²) in [5, 5.41) is 0.134. The maximum absolute atomic E-state index is 13.9. The highest BCUT2D eigenvalue weighted by Crippen LogP contribution is 2.40. The Hall–Kier alpha value is -1.47. The number of halogens is 3. The lowest BCUT2D eigenvalue weighted by Gasteiger charge is -2.35. The molecule has 30 heavy (non-hydrogen) atoms. The molecule has 0 bridgehead atoms. The molecule has 0 saturated carbocycles. The summed E-state index contributed by atoms with van der Waals surface area (Å²) < 4.78 is 81.0. The lowest BCUT2D eigenvalue weighted by atomic mass is 10.1. The molecule has 0 spiro atoms. The SMILES string of the molecule is CN(C)S(=O)(=O)c1ccc(S(=O)(=O)Nc2cccc(Cl)c2N2CCCC(F)(F)C2)s1. The highest BCUT2D eigenvalue weighted by molar-refractivity contribution is 7.96. The largest absolute Gasteiger partial charge is 0.363 e. The van der Waals surface area contributed by atoms with Crippen LogP contribution in [0.3, 0.4) is 0 Å². The first kappa shape index (κ1) is 23.2. The highest BCUT2D eigenvalue weighted by atomic mass is 35.5. The molecule has 2 aromatic rings. The second kappa shape index (κ2) is 8.23. The topological polar surface area (TPSA) is 86.8 Å². The molecule has 13 heteroatoms. The van der Waals surface area contributed by atoms with Crippen LogP contribution in [-0.2, 0) is 20.0 Å². The molecule has 0 atom stereocenters. The van der Waals surface area contributed by atoms with E-state index < -0.39 is 32.5 Å². The molecule has 1 aliphatic rings. The van der Waals surface area contributed by atoms with Gasteiger partial charge in [0.25, 0.3) is 26.0 Å². The first-order chi connectivity index (χ1) is 13.8. The van der Waals surface area contributed by atoms with Crippen LogP contribution >= 0.6 is 22.9 Å². The Bertz CT molecular complexity index is 1150. The molecule has 1 N–H and O–H groups in total. The minimum Gasteiger partial charge on any atom is -0.363 e. The van der Waals surface area contributed by atoms with Crippen molar-refractivity contribution in [1.82, 2.24) is 4.31 Å². The van der Waals surface area contributed by atoms with E-state index in [4.69, 9.17) is 11.6 Å². The molecule has 3 rings (SSSR count). The number of rotatable bonds is 6. The van der Waals surface area contributed by atoms with Crippen LogP contribution in [-0.4, -0.2) is 54.2 Å². The van der Waals surface area contributed by atoms with Crippen LogP contribution in [0.1, 0.15) is 12.8 Å². The van der Waals surface area contributed by atoms with Crippen molar-refractivity contribution < 1.29 is 25.6 Å². The van der Waals surface area contributed by atoms with Crippen LogP contribution < -0.4 is 9.62 Å². The molecule has 166 valence electrons. The third kappa shape index (κ3) is 4.72. The molecule has 0 aliphatic carbocycles. The fraction of sp³-hybridized carbons (Fsp3) is 0.412. The number of hydrogen-bond acceptors (Lipinski definition) is 6. The molecule has 1 aromatic heterocycles. The summed E-state index contributed by atoms with van der Waals surface area (Å²) in [7, 11) is -5.28. The van der Waals surface area contributed by atoms with Crippen LogP contribution in [0.15, 0.2) is 38.8 Å². The smallest absolute Gasteiger partial charge is 0.271 e. The van der Waals surface area contributed by atoms with E-state index >= 15 is 0 Å². The summed E-state index contributed by atoms with van der Waals surface area (Å²) >= 11 is 6.82. The fourth-order valence-electron chi connectivity index (χ4n) is 3.04. The normalized spacial score (nSPS) is 17.3. The predicted octanol–water partition coefficient (Wildman–Crippen LogP) is 3.69. The van der Waals surface area contributed by atoms with E-state index in [-0.39, 0.29) is 37.7 Å². The summed E-state index contributed by atoms with van der Waals surface area (Å²) in [6.45, 7) is -0.270.